The van der Waals surface area contributed by atoms with Gasteiger partial charge in [0, 0.05) is 34.2 Å². The zero-order valence-electron chi connectivity index (χ0n) is 11.9. The Morgan fingerprint density at radius 1 is 1.19 bits per heavy atom. The maximum atomic E-state index is 6.26. The smallest absolute Gasteiger partial charge is 0.0453 e. The highest BCUT2D eigenvalue weighted by atomic mass is 35.5. The van der Waals surface area contributed by atoms with Crippen LogP contribution < -0.4 is 11.1 Å². The Bertz CT molecular complexity index is 582. The lowest BCUT2D eigenvalue weighted by Gasteiger charge is -2.20. The minimum atomic E-state index is 0.207. The Balaban J connectivity index is 2.18. The minimum Gasteiger partial charge on any atom is -0.398 e. The number of halogens is 2. The molecule has 1 atom stereocenters. The number of nitrogens with zero attached hydrogens (tertiary/aromatic N) is 1. The number of aromatic nitrogens is 1. The number of hydrogen-bond acceptors (Lipinski definition) is 3. The third-order valence-electron chi connectivity index (χ3n) is 3.41. The highest BCUT2D eigenvalue weighted by Gasteiger charge is 2.15. The molecule has 5 heteroatoms. The number of likely N-dealkylation sites (N-methyl/N-ethyl adjacent to an activating group) is 1. The Morgan fingerprint density at radius 2 is 1.90 bits per heavy atom. The van der Waals surface area contributed by atoms with Crippen LogP contribution >= 0.6 is 23.2 Å². The summed E-state index contributed by atoms with van der Waals surface area (Å²) < 4.78 is 0. The Morgan fingerprint density at radius 3 is 2.52 bits per heavy atom. The summed E-state index contributed by atoms with van der Waals surface area (Å²) in [5.41, 5.74) is 8.76. The van der Waals surface area contributed by atoms with Crippen LogP contribution in [0.5, 0.6) is 0 Å². The number of rotatable bonds is 6. The first-order valence-corrected chi connectivity index (χ1v) is 7.72. The van der Waals surface area contributed by atoms with E-state index in [0.717, 1.165) is 36.2 Å². The first kappa shape index (κ1) is 16.1. The molecule has 1 heterocycles. The van der Waals surface area contributed by atoms with Crippen LogP contribution in [0.4, 0.5) is 5.69 Å². The molecule has 0 aliphatic carbocycles. The summed E-state index contributed by atoms with van der Waals surface area (Å²) in [6, 6.07) is 7.61. The van der Waals surface area contributed by atoms with Crippen LogP contribution in [0.1, 0.15) is 18.1 Å². The molecule has 3 nitrogen and oxygen atoms in total. The molecule has 1 aromatic heterocycles. The average Bonchev–Trinajstić information content (AvgIpc) is 2.45. The second-order valence-electron chi connectivity index (χ2n) is 4.94. The lowest BCUT2D eigenvalue weighted by Crippen LogP contribution is -2.33. The summed E-state index contributed by atoms with van der Waals surface area (Å²) in [6.45, 7) is 2.95. The monoisotopic (exact) mass is 323 g/mol. The van der Waals surface area contributed by atoms with Crippen molar-refractivity contribution in [2.45, 2.75) is 25.8 Å². The molecule has 0 saturated carbocycles. The van der Waals surface area contributed by atoms with Gasteiger partial charge in [-0.15, -0.1) is 0 Å². The standard InChI is InChI=1S/C16H19Cl2N3/c1-2-21-12(8-11-10-20-7-6-16(11)19)9-13-14(17)4-3-5-15(13)18/h3-7,10,12,21H,2,8-9H2,1H3,(H2,19,20). The van der Waals surface area contributed by atoms with E-state index in [4.69, 9.17) is 28.9 Å². The van der Waals surface area contributed by atoms with E-state index in [2.05, 4.69) is 17.2 Å². The maximum Gasteiger partial charge on any atom is 0.0453 e. The summed E-state index contributed by atoms with van der Waals surface area (Å²) in [4.78, 5) is 4.14. The van der Waals surface area contributed by atoms with Gasteiger partial charge in [-0.2, -0.15) is 0 Å². The van der Waals surface area contributed by atoms with Crippen LogP contribution in [-0.2, 0) is 12.8 Å². The molecule has 2 aromatic rings. The van der Waals surface area contributed by atoms with Gasteiger partial charge in [-0.3, -0.25) is 4.98 Å². The minimum absolute atomic E-state index is 0.207. The van der Waals surface area contributed by atoms with Gasteiger partial charge in [0.25, 0.3) is 0 Å². The number of nitrogens with two attached hydrogens (primary N) is 1. The first-order chi connectivity index (χ1) is 10.1. The Labute approximate surface area is 135 Å². The van der Waals surface area contributed by atoms with Crippen LogP contribution in [0.3, 0.4) is 0 Å². The van der Waals surface area contributed by atoms with Crippen LogP contribution in [-0.4, -0.2) is 17.6 Å². The number of hydrogen-bond donors (Lipinski definition) is 2. The molecule has 0 aliphatic heterocycles. The van der Waals surface area contributed by atoms with E-state index < -0.39 is 0 Å². The molecule has 0 fully saturated rings. The van der Waals surface area contributed by atoms with E-state index in [0.29, 0.717) is 10.0 Å². The van der Waals surface area contributed by atoms with E-state index in [-0.39, 0.29) is 6.04 Å². The van der Waals surface area contributed by atoms with Gasteiger partial charge < -0.3 is 11.1 Å². The summed E-state index contributed by atoms with van der Waals surface area (Å²) in [7, 11) is 0. The molecule has 0 bridgehead atoms. The largest absolute Gasteiger partial charge is 0.398 e. The maximum absolute atomic E-state index is 6.26. The lowest BCUT2D eigenvalue weighted by molar-refractivity contribution is 0.521. The molecule has 0 aliphatic rings. The fourth-order valence-electron chi connectivity index (χ4n) is 2.35. The molecular formula is C16H19Cl2N3. The molecule has 1 aromatic carbocycles. The van der Waals surface area contributed by atoms with Crippen molar-refractivity contribution in [1.29, 1.82) is 0 Å². The van der Waals surface area contributed by atoms with Crippen LogP contribution in [0.15, 0.2) is 36.7 Å². The predicted octanol–water partition coefficient (Wildman–Crippen LogP) is 3.73. The molecule has 0 amide bonds. The van der Waals surface area contributed by atoms with Crippen LogP contribution in [0.2, 0.25) is 10.0 Å². The van der Waals surface area contributed by atoms with Gasteiger partial charge in [0.05, 0.1) is 0 Å². The van der Waals surface area contributed by atoms with E-state index in [1.54, 1.807) is 6.20 Å². The Hall–Kier alpha value is -1.29. The number of anilines is 1. The molecular weight excluding hydrogens is 305 g/mol. The predicted molar refractivity (Wildman–Crippen MR) is 90.0 cm³/mol. The quantitative estimate of drug-likeness (QED) is 0.851. The second-order valence-corrected chi connectivity index (χ2v) is 5.75. The normalized spacial score (nSPS) is 12.3. The molecule has 3 N–H and O–H groups in total. The van der Waals surface area contributed by atoms with Crippen molar-refractivity contribution in [2.24, 2.45) is 0 Å². The highest BCUT2D eigenvalue weighted by Crippen LogP contribution is 2.26. The topological polar surface area (TPSA) is 50.9 Å². The van der Waals surface area contributed by atoms with Gasteiger partial charge in [-0.1, -0.05) is 36.2 Å². The Kier molecular flexibility index (Phi) is 5.85. The number of nitrogens with one attached hydrogen (secondary N) is 1. The molecule has 21 heavy (non-hydrogen) atoms. The van der Waals surface area contributed by atoms with E-state index in [1.807, 2.05) is 30.5 Å². The van der Waals surface area contributed by atoms with Gasteiger partial charge in [-0.05, 0) is 48.7 Å². The molecule has 0 spiro atoms. The molecule has 0 radical (unpaired) electrons. The number of nitrogen functional groups attached to an aromatic ring is 1. The third-order valence-corrected chi connectivity index (χ3v) is 4.12. The van der Waals surface area contributed by atoms with Gasteiger partial charge in [0.1, 0.15) is 0 Å². The van der Waals surface area contributed by atoms with Crippen molar-refractivity contribution in [3.8, 4) is 0 Å². The summed E-state index contributed by atoms with van der Waals surface area (Å²) in [6.07, 6.45) is 5.05. The van der Waals surface area contributed by atoms with Crippen molar-refractivity contribution in [3.05, 3.63) is 57.8 Å². The zero-order valence-corrected chi connectivity index (χ0v) is 13.5. The van der Waals surface area contributed by atoms with Crippen LogP contribution in [0, 0.1) is 0 Å². The van der Waals surface area contributed by atoms with E-state index in [1.165, 1.54) is 0 Å². The van der Waals surface area contributed by atoms with Gasteiger partial charge >= 0.3 is 0 Å². The van der Waals surface area contributed by atoms with Crippen molar-refractivity contribution >= 4 is 28.9 Å². The molecule has 2 rings (SSSR count). The lowest BCUT2D eigenvalue weighted by atomic mass is 9.99. The van der Waals surface area contributed by atoms with Gasteiger partial charge in [-0.25, -0.2) is 0 Å². The average molecular weight is 324 g/mol. The summed E-state index contributed by atoms with van der Waals surface area (Å²) in [5, 5.41) is 4.86. The fraction of sp³-hybridized carbons (Fsp3) is 0.312. The number of benzene rings is 1. The third kappa shape index (κ3) is 4.34. The number of pyridine rings is 1. The van der Waals surface area contributed by atoms with E-state index >= 15 is 0 Å². The fourth-order valence-corrected chi connectivity index (χ4v) is 2.90. The molecule has 112 valence electrons. The van der Waals surface area contributed by atoms with E-state index in [9.17, 15) is 0 Å². The van der Waals surface area contributed by atoms with Crippen molar-refractivity contribution in [3.63, 3.8) is 0 Å². The summed E-state index contributed by atoms with van der Waals surface area (Å²) in [5.74, 6) is 0. The highest BCUT2D eigenvalue weighted by molar-refractivity contribution is 6.36. The SMILES string of the molecule is CCNC(Cc1cnccc1N)Cc1c(Cl)cccc1Cl. The van der Waals surface area contributed by atoms with Crippen molar-refractivity contribution in [2.75, 3.05) is 12.3 Å². The van der Waals surface area contributed by atoms with Crippen molar-refractivity contribution in [1.82, 2.24) is 10.3 Å². The van der Waals surface area contributed by atoms with Crippen LogP contribution in [0.25, 0.3) is 0 Å². The molecule has 0 saturated heterocycles. The zero-order chi connectivity index (χ0) is 15.2. The molecule has 1 unspecified atom stereocenters. The summed E-state index contributed by atoms with van der Waals surface area (Å²) >= 11 is 12.5. The van der Waals surface area contributed by atoms with Gasteiger partial charge in [0.2, 0.25) is 0 Å². The first-order valence-electron chi connectivity index (χ1n) is 6.96. The second kappa shape index (κ2) is 7.64. The van der Waals surface area contributed by atoms with Gasteiger partial charge in [0.15, 0.2) is 0 Å². The van der Waals surface area contributed by atoms with Crippen molar-refractivity contribution < 1.29 is 0 Å².